The van der Waals surface area contributed by atoms with Crippen LogP contribution in [0.15, 0.2) is 54.6 Å². The number of nitrogens with one attached hydrogen (secondary N) is 3. The van der Waals surface area contributed by atoms with Crippen LogP contribution in [0.25, 0.3) is 0 Å². The quantitative estimate of drug-likeness (QED) is 0.236. The highest BCUT2D eigenvalue weighted by Crippen LogP contribution is 2.10. The number of hydrogen-bond donors (Lipinski definition) is 3. The Bertz CT molecular complexity index is 948. The van der Waals surface area contributed by atoms with Crippen LogP contribution in [0.3, 0.4) is 0 Å². The summed E-state index contributed by atoms with van der Waals surface area (Å²) in [5.74, 6) is -0.718. The van der Waals surface area contributed by atoms with Gasteiger partial charge in [0.1, 0.15) is 0 Å². The molecule has 1 unspecified atom stereocenters. The highest BCUT2D eigenvalue weighted by molar-refractivity contribution is 7.80. The molecule has 0 saturated heterocycles. The fraction of sp³-hybridized carbons (Fsp3) is 0.385. The molecule has 182 valence electrons. The lowest BCUT2D eigenvalue weighted by Crippen LogP contribution is -2.34. The normalized spacial score (nSPS) is 11.2. The van der Waals surface area contributed by atoms with Gasteiger partial charge in [-0.25, -0.2) is 0 Å². The van der Waals surface area contributed by atoms with Gasteiger partial charge in [-0.3, -0.25) is 14.4 Å². The van der Waals surface area contributed by atoms with E-state index in [4.69, 9.17) is 17.0 Å². The molecule has 3 N–H and O–H groups in total. The number of hydrogen-bond acceptors (Lipinski definition) is 5. The van der Waals surface area contributed by atoms with Crippen LogP contribution in [0.1, 0.15) is 61.9 Å². The monoisotopic (exact) mass is 483 g/mol. The number of carbonyl (C=O) groups excluding carboxylic acids is 3. The molecule has 2 rings (SSSR count). The summed E-state index contributed by atoms with van der Waals surface area (Å²) in [6.07, 6.45) is 3.20. The molecule has 7 nitrogen and oxygen atoms in total. The maximum atomic E-state index is 12.1. The van der Waals surface area contributed by atoms with Gasteiger partial charge in [-0.2, -0.15) is 0 Å². The maximum Gasteiger partial charge on any atom is 0.305 e. The predicted octanol–water partition coefficient (Wildman–Crippen LogP) is 4.37. The zero-order chi connectivity index (χ0) is 24.8. The van der Waals surface area contributed by atoms with Crippen molar-refractivity contribution in [3.05, 3.63) is 65.7 Å². The Kier molecular flexibility index (Phi) is 11.7. The van der Waals surface area contributed by atoms with E-state index in [0.717, 1.165) is 19.3 Å². The van der Waals surface area contributed by atoms with E-state index >= 15 is 0 Å². The molecule has 0 aliphatic heterocycles. The van der Waals surface area contributed by atoms with Crippen molar-refractivity contribution >= 4 is 40.8 Å². The molecule has 0 bridgehead atoms. The van der Waals surface area contributed by atoms with Crippen molar-refractivity contribution < 1.29 is 19.1 Å². The Balaban J connectivity index is 1.60. The number of carbonyl (C=O) groups is 3. The van der Waals surface area contributed by atoms with Crippen LogP contribution in [0.4, 0.5) is 5.69 Å². The highest BCUT2D eigenvalue weighted by Gasteiger charge is 2.10. The minimum absolute atomic E-state index is 0.106. The molecule has 34 heavy (non-hydrogen) atoms. The second kappa shape index (κ2) is 14.8. The molecule has 0 radical (unpaired) electrons. The zero-order valence-electron chi connectivity index (χ0n) is 19.8. The molecule has 1 atom stereocenters. The summed E-state index contributed by atoms with van der Waals surface area (Å²) in [6, 6.07) is 17.0. The summed E-state index contributed by atoms with van der Waals surface area (Å²) in [5.41, 5.74) is 2.42. The molecule has 2 aromatic rings. The first-order valence-electron chi connectivity index (χ1n) is 11.6. The van der Waals surface area contributed by atoms with Gasteiger partial charge in [0.2, 0.25) is 5.91 Å². The SMILES string of the molecule is CCC(C)NC(=O)c1ccc(NC(=S)NC(=O)CCCC(=O)OCCCc2ccccc2)cc1. The van der Waals surface area contributed by atoms with Crippen LogP contribution in [0, 0.1) is 0 Å². The molecular weight excluding hydrogens is 450 g/mol. The smallest absolute Gasteiger partial charge is 0.305 e. The van der Waals surface area contributed by atoms with Gasteiger partial charge in [-0.15, -0.1) is 0 Å². The lowest BCUT2D eigenvalue weighted by molar-refractivity contribution is -0.143. The van der Waals surface area contributed by atoms with E-state index in [-0.39, 0.29) is 41.8 Å². The second-order valence-electron chi connectivity index (χ2n) is 8.03. The van der Waals surface area contributed by atoms with Crippen LogP contribution in [0.2, 0.25) is 0 Å². The Labute approximate surface area is 206 Å². The van der Waals surface area contributed by atoms with Crippen LogP contribution in [-0.4, -0.2) is 35.5 Å². The van der Waals surface area contributed by atoms with E-state index in [1.807, 2.05) is 44.2 Å². The molecule has 8 heteroatoms. The molecular formula is C26H33N3O4S. The number of amides is 2. The van der Waals surface area contributed by atoms with Crippen molar-refractivity contribution in [2.75, 3.05) is 11.9 Å². The Hall–Kier alpha value is -3.26. The van der Waals surface area contributed by atoms with E-state index < -0.39 is 0 Å². The number of anilines is 1. The molecule has 0 fully saturated rings. The van der Waals surface area contributed by atoms with Gasteiger partial charge in [0.25, 0.3) is 5.91 Å². The third-order valence-corrected chi connectivity index (χ3v) is 5.35. The summed E-state index contributed by atoms with van der Waals surface area (Å²) in [7, 11) is 0. The van der Waals surface area contributed by atoms with Gasteiger partial charge in [-0.05, 0) is 74.7 Å². The highest BCUT2D eigenvalue weighted by atomic mass is 32.1. The third kappa shape index (κ3) is 10.6. The minimum Gasteiger partial charge on any atom is -0.466 e. The molecule has 0 aromatic heterocycles. The van der Waals surface area contributed by atoms with Gasteiger partial charge in [0.05, 0.1) is 6.61 Å². The number of esters is 1. The Morgan fingerprint density at radius 3 is 2.35 bits per heavy atom. The fourth-order valence-corrected chi connectivity index (χ4v) is 3.27. The third-order valence-electron chi connectivity index (χ3n) is 5.15. The molecule has 0 saturated carbocycles. The molecule has 0 aliphatic carbocycles. The maximum absolute atomic E-state index is 12.1. The standard InChI is InChI=1S/C26H33N3O4S/c1-3-19(2)27-25(32)21-14-16-22(17-15-21)28-26(34)29-23(30)12-7-13-24(31)33-18-8-11-20-9-5-4-6-10-20/h4-6,9-10,14-17,19H,3,7-8,11-13,18H2,1-2H3,(H,27,32)(H2,28,29,30,34). The van der Waals surface area contributed by atoms with Gasteiger partial charge in [0.15, 0.2) is 5.11 Å². The van der Waals surface area contributed by atoms with Crippen molar-refractivity contribution in [3.63, 3.8) is 0 Å². The summed E-state index contributed by atoms with van der Waals surface area (Å²) in [6.45, 7) is 4.32. The lowest BCUT2D eigenvalue weighted by Gasteiger charge is -2.12. The van der Waals surface area contributed by atoms with Gasteiger partial charge >= 0.3 is 5.97 Å². The van der Waals surface area contributed by atoms with Crippen LogP contribution in [0.5, 0.6) is 0 Å². The average Bonchev–Trinajstić information content (AvgIpc) is 2.82. The number of rotatable bonds is 12. The molecule has 0 aliphatic rings. The second-order valence-corrected chi connectivity index (χ2v) is 8.43. The molecule has 0 heterocycles. The van der Waals surface area contributed by atoms with Crippen LogP contribution < -0.4 is 16.0 Å². The number of aryl methyl sites for hydroxylation is 1. The van der Waals surface area contributed by atoms with Crippen molar-refractivity contribution in [1.82, 2.24) is 10.6 Å². The fourth-order valence-electron chi connectivity index (χ4n) is 3.04. The largest absolute Gasteiger partial charge is 0.466 e. The average molecular weight is 484 g/mol. The van der Waals surface area contributed by atoms with Crippen LogP contribution >= 0.6 is 12.2 Å². The van der Waals surface area contributed by atoms with Crippen molar-refractivity contribution in [1.29, 1.82) is 0 Å². The number of ether oxygens (including phenoxy) is 1. The summed E-state index contributed by atoms with van der Waals surface area (Å²) < 4.78 is 5.22. The summed E-state index contributed by atoms with van der Waals surface area (Å²) in [5, 5.41) is 8.57. The van der Waals surface area contributed by atoms with Crippen molar-refractivity contribution in [2.24, 2.45) is 0 Å². The Morgan fingerprint density at radius 1 is 0.971 bits per heavy atom. The van der Waals surface area contributed by atoms with E-state index in [2.05, 4.69) is 16.0 Å². The molecule has 0 spiro atoms. The Morgan fingerprint density at radius 2 is 1.68 bits per heavy atom. The lowest BCUT2D eigenvalue weighted by atomic mass is 10.1. The first-order valence-corrected chi connectivity index (χ1v) is 12.0. The number of thiocarbonyl (C=S) groups is 1. The van der Waals surface area contributed by atoms with E-state index in [1.54, 1.807) is 24.3 Å². The van der Waals surface area contributed by atoms with Gasteiger partial charge in [0, 0.05) is 30.1 Å². The van der Waals surface area contributed by atoms with Crippen LogP contribution in [-0.2, 0) is 20.7 Å². The van der Waals surface area contributed by atoms with Crippen molar-refractivity contribution in [3.8, 4) is 0 Å². The first-order chi connectivity index (χ1) is 16.4. The predicted molar refractivity (Wildman–Crippen MR) is 138 cm³/mol. The zero-order valence-corrected chi connectivity index (χ0v) is 20.6. The number of benzene rings is 2. The van der Waals surface area contributed by atoms with Gasteiger partial charge < -0.3 is 20.7 Å². The van der Waals surface area contributed by atoms with E-state index in [9.17, 15) is 14.4 Å². The topological polar surface area (TPSA) is 96.5 Å². The first kappa shape index (κ1) is 27.0. The summed E-state index contributed by atoms with van der Waals surface area (Å²) >= 11 is 5.17. The molecule has 2 aromatic carbocycles. The summed E-state index contributed by atoms with van der Waals surface area (Å²) in [4.78, 5) is 36.0. The minimum atomic E-state index is -0.306. The molecule has 2 amide bonds. The van der Waals surface area contributed by atoms with E-state index in [1.165, 1.54) is 5.56 Å². The van der Waals surface area contributed by atoms with Gasteiger partial charge in [-0.1, -0.05) is 37.3 Å². The van der Waals surface area contributed by atoms with Crippen molar-refractivity contribution in [2.45, 2.75) is 58.4 Å². The van der Waals surface area contributed by atoms with E-state index in [0.29, 0.717) is 24.3 Å².